The molecule has 3 amide bonds. The maximum Gasteiger partial charge on any atom is 0.320 e. The van der Waals surface area contributed by atoms with Gasteiger partial charge in [0.05, 0.1) is 0 Å². The monoisotopic (exact) mass is 553 g/mol. The minimum atomic E-state index is -0.986. The predicted molar refractivity (Wildman–Crippen MR) is 154 cm³/mol. The Balaban J connectivity index is 2.17. The van der Waals surface area contributed by atoms with Gasteiger partial charge in [-0.25, -0.2) is 0 Å². The van der Waals surface area contributed by atoms with Crippen molar-refractivity contribution in [1.82, 2.24) is 26.3 Å². The van der Waals surface area contributed by atoms with Gasteiger partial charge in [-0.2, -0.15) is 0 Å². The first-order valence-electron chi connectivity index (χ1n) is 13.7. The number of hydrogen-bond acceptors (Lipinski definition) is 6. The number of hydrogen-bond donors (Lipinski definition) is 5. The Morgan fingerprint density at radius 3 is 2.10 bits per heavy atom. The van der Waals surface area contributed by atoms with E-state index in [9.17, 15) is 24.3 Å². The SMILES string of the molecule is CCC[C@H](NC(=O)C(CC(C)(C)C)NC(=O)c1ccncc1)C(=O)NC(CN[C@@H](C)C(=O)O)Cc1ccccc1. The molecule has 1 aromatic carbocycles. The van der Waals surface area contributed by atoms with Gasteiger partial charge in [-0.1, -0.05) is 64.4 Å². The zero-order valence-corrected chi connectivity index (χ0v) is 24.1. The van der Waals surface area contributed by atoms with Crippen LogP contribution in [0.4, 0.5) is 0 Å². The Bertz CT molecular complexity index is 1100. The average Bonchev–Trinajstić information content (AvgIpc) is 2.91. The molecule has 0 aliphatic heterocycles. The van der Waals surface area contributed by atoms with Crippen LogP contribution in [0.25, 0.3) is 0 Å². The number of amides is 3. The molecule has 0 fully saturated rings. The lowest BCUT2D eigenvalue weighted by Gasteiger charge is -2.29. The van der Waals surface area contributed by atoms with E-state index >= 15 is 0 Å². The molecule has 0 aliphatic rings. The van der Waals surface area contributed by atoms with Crippen molar-refractivity contribution in [2.45, 2.75) is 84.5 Å². The van der Waals surface area contributed by atoms with Crippen molar-refractivity contribution in [2.75, 3.05) is 6.54 Å². The molecule has 0 radical (unpaired) electrons. The summed E-state index contributed by atoms with van der Waals surface area (Å²) in [5.41, 5.74) is 1.10. The summed E-state index contributed by atoms with van der Waals surface area (Å²) in [6.45, 7) is 9.61. The highest BCUT2D eigenvalue weighted by Crippen LogP contribution is 2.21. The normalized spacial score (nSPS) is 14.3. The Hall–Kier alpha value is -3.79. The summed E-state index contributed by atoms with van der Waals surface area (Å²) < 4.78 is 0. The molecule has 0 aliphatic carbocycles. The highest BCUT2D eigenvalue weighted by Gasteiger charge is 2.31. The van der Waals surface area contributed by atoms with Gasteiger partial charge in [-0.15, -0.1) is 0 Å². The van der Waals surface area contributed by atoms with Crippen molar-refractivity contribution in [1.29, 1.82) is 0 Å². The molecule has 2 aromatic rings. The van der Waals surface area contributed by atoms with E-state index < -0.39 is 42.0 Å². The molecule has 40 heavy (non-hydrogen) atoms. The van der Waals surface area contributed by atoms with Crippen molar-refractivity contribution in [3.63, 3.8) is 0 Å². The van der Waals surface area contributed by atoms with Gasteiger partial charge in [-0.3, -0.25) is 24.2 Å². The van der Waals surface area contributed by atoms with Gasteiger partial charge in [-0.05, 0) is 49.3 Å². The maximum atomic E-state index is 13.4. The van der Waals surface area contributed by atoms with E-state index in [0.29, 0.717) is 31.2 Å². The van der Waals surface area contributed by atoms with E-state index in [1.165, 1.54) is 12.4 Å². The summed E-state index contributed by atoms with van der Waals surface area (Å²) in [6.07, 6.45) is 4.90. The maximum absolute atomic E-state index is 13.4. The largest absolute Gasteiger partial charge is 0.480 e. The molecule has 10 heteroatoms. The highest BCUT2D eigenvalue weighted by atomic mass is 16.4. The van der Waals surface area contributed by atoms with E-state index in [0.717, 1.165) is 5.56 Å². The van der Waals surface area contributed by atoms with Crippen LogP contribution in [0, 0.1) is 5.41 Å². The van der Waals surface area contributed by atoms with Gasteiger partial charge < -0.3 is 26.4 Å². The molecule has 1 aromatic heterocycles. The van der Waals surface area contributed by atoms with Crippen molar-refractivity contribution < 1.29 is 24.3 Å². The second kappa shape index (κ2) is 15.7. The molecule has 5 N–H and O–H groups in total. The fourth-order valence-corrected chi connectivity index (χ4v) is 4.18. The van der Waals surface area contributed by atoms with Gasteiger partial charge >= 0.3 is 5.97 Å². The number of aliphatic carboxylic acids is 1. The van der Waals surface area contributed by atoms with Crippen LogP contribution in [0.1, 0.15) is 69.8 Å². The summed E-state index contributed by atoms with van der Waals surface area (Å²) in [6, 6.07) is 9.83. The third-order valence-corrected chi connectivity index (χ3v) is 6.30. The number of aromatic nitrogens is 1. The molecular formula is C30H43N5O5. The lowest BCUT2D eigenvalue weighted by molar-refractivity contribution is -0.139. The molecule has 0 saturated carbocycles. The van der Waals surface area contributed by atoms with Gasteiger partial charge in [0.15, 0.2) is 0 Å². The first kappa shape index (κ1) is 32.4. The molecule has 10 nitrogen and oxygen atoms in total. The zero-order chi connectivity index (χ0) is 29.7. The molecule has 0 bridgehead atoms. The topological polar surface area (TPSA) is 150 Å². The van der Waals surface area contributed by atoms with Crippen LogP contribution in [-0.4, -0.2) is 64.5 Å². The summed E-state index contributed by atoms with van der Waals surface area (Å²) in [4.78, 5) is 55.0. The van der Waals surface area contributed by atoms with Crippen molar-refractivity contribution in [3.8, 4) is 0 Å². The molecule has 218 valence electrons. The Labute approximate surface area is 236 Å². The summed E-state index contributed by atoms with van der Waals surface area (Å²) in [7, 11) is 0. The Morgan fingerprint density at radius 1 is 0.900 bits per heavy atom. The molecule has 2 rings (SSSR count). The summed E-state index contributed by atoms with van der Waals surface area (Å²) >= 11 is 0. The van der Waals surface area contributed by atoms with Crippen molar-refractivity contribution in [3.05, 3.63) is 66.0 Å². The third kappa shape index (κ3) is 11.5. The number of carbonyl (C=O) groups excluding carboxylic acids is 3. The van der Waals surface area contributed by atoms with Gasteiger partial charge in [0, 0.05) is 30.5 Å². The number of carboxylic acid groups (broad SMARTS) is 1. The fraction of sp³-hybridized carbons (Fsp3) is 0.500. The van der Waals surface area contributed by atoms with Crippen LogP contribution in [-0.2, 0) is 20.8 Å². The number of pyridine rings is 1. The molecular weight excluding hydrogens is 510 g/mol. The van der Waals surface area contributed by atoms with Crippen LogP contribution in [0.2, 0.25) is 0 Å². The van der Waals surface area contributed by atoms with E-state index in [2.05, 4.69) is 26.3 Å². The van der Waals surface area contributed by atoms with Gasteiger partial charge in [0.25, 0.3) is 5.91 Å². The van der Waals surface area contributed by atoms with Crippen LogP contribution in [0.5, 0.6) is 0 Å². The number of rotatable bonds is 15. The third-order valence-electron chi connectivity index (χ3n) is 6.30. The minimum Gasteiger partial charge on any atom is -0.480 e. The van der Waals surface area contributed by atoms with Crippen LogP contribution in [0.15, 0.2) is 54.9 Å². The second-order valence-corrected chi connectivity index (χ2v) is 11.2. The molecule has 0 saturated heterocycles. The highest BCUT2D eigenvalue weighted by molar-refractivity contribution is 5.98. The number of carboxylic acids is 1. The van der Waals surface area contributed by atoms with Crippen molar-refractivity contribution in [2.24, 2.45) is 5.41 Å². The van der Waals surface area contributed by atoms with Crippen molar-refractivity contribution >= 4 is 23.7 Å². The first-order valence-corrected chi connectivity index (χ1v) is 13.7. The lowest BCUT2D eigenvalue weighted by Crippen LogP contribution is -2.57. The van der Waals surface area contributed by atoms with E-state index in [4.69, 9.17) is 0 Å². The molecule has 0 spiro atoms. The average molecular weight is 554 g/mol. The number of carbonyl (C=O) groups is 4. The van der Waals surface area contributed by atoms with E-state index in [1.807, 2.05) is 58.0 Å². The number of benzene rings is 1. The minimum absolute atomic E-state index is 0.232. The Morgan fingerprint density at radius 2 is 1.52 bits per heavy atom. The fourth-order valence-electron chi connectivity index (χ4n) is 4.18. The quantitative estimate of drug-likeness (QED) is 0.228. The molecule has 4 atom stereocenters. The van der Waals surface area contributed by atoms with Gasteiger partial charge in [0.2, 0.25) is 11.8 Å². The zero-order valence-electron chi connectivity index (χ0n) is 24.1. The van der Waals surface area contributed by atoms with E-state index in [1.54, 1.807) is 19.1 Å². The van der Waals surface area contributed by atoms with Crippen LogP contribution in [0.3, 0.4) is 0 Å². The van der Waals surface area contributed by atoms with Gasteiger partial charge in [0.1, 0.15) is 18.1 Å². The smallest absolute Gasteiger partial charge is 0.320 e. The summed E-state index contributed by atoms with van der Waals surface area (Å²) in [5, 5.41) is 20.9. The molecule has 1 heterocycles. The Kier molecular flexibility index (Phi) is 12.7. The van der Waals surface area contributed by atoms with Crippen LogP contribution >= 0.6 is 0 Å². The van der Waals surface area contributed by atoms with E-state index in [-0.39, 0.29) is 17.9 Å². The second-order valence-electron chi connectivity index (χ2n) is 11.2. The lowest BCUT2D eigenvalue weighted by atomic mass is 9.87. The number of nitrogens with one attached hydrogen (secondary N) is 4. The van der Waals surface area contributed by atoms with Crippen LogP contribution < -0.4 is 21.3 Å². The standard InChI is InChI=1S/C30H43N5O5/c1-6-10-24(27(37)33-23(19-32-20(2)29(39)40)17-21-11-8-7-9-12-21)34-28(38)25(18-30(3,4)5)35-26(36)22-13-15-31-16-14-22/h7-9,11-16,20,23-25,32H,6,10,17-19H2,1-5H3,(H,33,37)(H,34,38)(H,35,36)(H,39,40)/t20-,23?,24-,25?/m0/s1. The number of nitrogens with zero attached hydrogens (tertiary/aromatic N) is 1. The predicted octanol–water partition coefficient (Wildman–Crippen LogP) is 2.69. The molecule has 2 unspecified atom stereocenters. The summed E-state index contributed by atoms with van der Waals surface area (Å²) in [5.74, 6) is -2.19. The first-order chi connectivity index (χ1) is 18.9.